The van der Waals surface area contributed by atoms with E-state index in [2.05, 4.69) is 51.0 Å². The Morgan fingerprint density at radius 3 is 2.64 bits per heavy atom. The van der Waals surface area contributed by atoms with Crippen LogP contribution < -0.4 is 15.4 Å². The first-order chi connectivity index (χ1) is 13.2. The Morgan fingerprint density at radius 2 is 2.11 bits per heavy atom. The number of nitrogens with one attached hydrogen (secondary N) is 2. The fourth-order valence-corrected chi connectivity index (χ4v) is 3.03. The van der Waals surface area contributed by atoms with Gasteiger partial charge in [0.25, 0.3) is 0 Å². The topological polar surface area (TPSA) is 61.8 Å². The average Bonchev–Trinajstić information content (AvgIpc) is 2.99. The lowest BCUT2D eigenvalue weighted by Crippen LogP contribution is -2.46. The van der Waals surface area contributed by atoms with E-state index in [-0.39, 0.29) is 5.88 Å². The molecular weight excluding hydrogens is 371 g/mol. The van der Waals surface area contributed by atoms with Crippen LogP contribution >= 0.6 is 0 Å². The summed E-state index contributed by atoms with van der Waals surface area (Å²) in [5.41, 5.74) is 0.792. The fourth-order valence-electron chi connectivity index (χ4n) is 3.03. The van der Waals surface area contributed by atoms with E-state index in [4.69, 9.17) is 0 Å². The normalized spacial score (nSPS) is 21.2. The summed E-state index contributed by atoms with van der Waals surface area (Å²) in [5, 5.41) is 6.74. The summed E-state index contributed by atoms with van der Waals surface area (Å²) in [6.45, 7) is 10.4. The molecule has 0 spiro atoms. The number of guanidine groups is 1. The molecule has 158 valence electrons. The molecule has 2 N–H and O–H groups in total. The average molecular weight is 401 g/mol. The second kappa shape index (κ2) is 9.95. The number of pyridine rings is 1. The molecule has 1 aromatic heterocycles. The number of hydrogen-bond acceptors (Lipinski definition) is 4. The summed E-state index contributed by atoms with van der Waals surface area (Å²) in [4.78, 5) is 10.9. The Balaban J connectivity index is 1.93. The number of halogens is 3. The number of aliphatic imine (C=N–C) groups is 1. The largest absolute Gasteiger partial charge is 0.468 e. The Morgan fingerprint density at radius 1 is 1.36 bits per heavy atom. The molecule has 1 fully saturated rings. The maximum absolute atomic E-state index is 12.2. The first-order valence-corrected chi connectivity index (χ1v) is 9.61. The highest BCUT2D eigenvalue weighted by atomic mass is 19.4. The highest BCUT2D eigenvalue weighted by Crippen LogP contribution is 2.19. The van der Waals surface area contributed by atoms with E-state index in [0.717, 1.165) is 31.2 Å². The van der Waals surface area contributed by atoms with Gasteiger partial charge < -0.3 is 15.4 Å². The first-order valence-electron chi connectivity index (χ1n) is 9.61. The van der Waals surface area contributed by atoms with E-state index in [1.165, 1.54) is 12.3 Å². The van der Waals surface area contributed by atoms with Gasteiger partial charge in [-0.1, -0.05) is 13.0 Å². The van der Waals surface area contributed by atoms with E-state index in [1.54, 1.807) is 6.07 Å². The van der Waals surface area contributed by atoms with Crippen LogP contribution in [0.4, 0.5) is 13.2 Å². The zero-order valence-electron chi connectivity index (χ0n) is 16.9. The monoisotopic (exact) mass is 401 g/mol. The Hall–Kier alpha value is -2.03. The highest BCUT2D eigenvalue weighted by molar-refractivity contribution is 5.80. The SMILES string of the molecule is CCNC(=NCc1ccc(OCC(F)(F)F)nc1)NC1CN(C(C)C)CC1C. The van der Waals surface area contributed by atoms with Gasteiger partial charge >= 0.3 is 6.18 Å². The third-order valence-electron chi connectivity index (χ3n) is 4.64. The highest BCUT2D eigenvalue weighted by Gasteiger charge is 2.31. The maximum atomic E-state index is 12.2. The van der Waals surface area contributed by atoms with E-state index in [1.807, 2.05) is 6.92 Å². The molecule has 0 saturated carbocycles. The van der Waals surface area contributed by atoms with Gasteiger partial charge in [0.15, 0.2) is 12.6 Å². The number of hydrogen-bond donors (Lipinski definition) is 2. The van der Waals surface area contributed by atoms with Crippen LogP contribution in [0.15, 0.2) is 23.3 Å². The van der Waals surface area contributed by atoms with Crippen molar-refractivity contribution in [3.63, 3.8) is 0 Å². The van der Waals surface area contributed by atoms with Gasteiger partial charge in [-0.2, -0.15) is 13.2 Å². The summed E-state index contributed by atoms with van der Waals surface area (Å²) < 4.78 is 41.2. The zero-order valence-corrected chi connectivity index (χ0v) is 16.9. The van der Waals surface area contributed by atoms with E-state index in [0.29, 0.717) is 24.5 Å². The van der Waals surface area contributed by atoms with Crippen LogP contribution in [0, 0.1) is 5.92 Å². The molecule has 0 bridgehead atoms. The van der Waals surface area contributed by atoms with E-state index >= 15 is 0 Å². The molecule has 0 amide bonds. The fraction of sp³-hybridized carbons (Fsp3) is 0.684. The van der Waals surface area contributed by atoms with Gasteiger partial charge in [0.05, 0.1) is 6.54 Å². The van der Waals surface area contributed by atoms with Crippen LogP contribution in [0.2, 0.25) is 0 Å². The van der Waals surface area contributed by atoms with Crippen LogP contribution in [-0.2, 0) is 6.54 Å². The van der Waals surface area contributed by atoms with Crippen molar-refractivity contribution in [3.05, 3.63) is 23.9 Å². The van der Waals surface area contributed by atoms with Crippen LogP contribution in [0.3, 0.4) is 0 Å². The molecule has 0 aliphatic carbocycles. The van der Waals surface area contributed by atoms with Crippen molar-refractivity contribution in [2.75, 3.05) is 26.2 Å². The van der Waals surface area contributed by atoms with E-state index < -0.39 is 12.8 Å². The van der Waals surface area contributed by atoms with Crippen molar-refractivity contribution in [1.29, 1.82) is 0 Å². The Labute approximate surface area is 164 Å². The Bertz CT molecular complexity index is 633. The minimum absolute atomic E-state index is 0.0522. The van der Waals surface area contributed by atoms with Crippen molar-refractivity contribution in [2.45, 2.75) is 52.5 Å². The second-order valence-electron chi connectivity index (χ2n) is 7.38. The van der Waals surface area contributed by atoms with Crippen LogP contribution in [0.5, 0.6) is 5.88 Å². The van der Waals surface area contributed by atoms with Gasteiger partial charge in [-0.15, -0.1) is 0 Å². The first kappa shape index (κ1) is 22.3. The van der Waals surface area contributed by atoms with Crippen LogP contribution in [0.25, 0.3) is 0 Å². The molecule has 1 aromatic rings. The van der Waals surface area contributed by atoms with Crippen molar-refractivity contribution in [2.24, 2.45) is 10.9 Å². The number of nitrogens with zero attached hydrogens (tertiary/aromatic N) is 3. The predicted molar refractivity (Wildman–Crippen MR) is 103 cm³/mol. The number of rotatable bonds is 7. The molecule has 2 heterocycles. The molecule has 9 heteroatoms. The second-order valence-corrected chi connectivity index (χ2v) is 7.38. The summed E-state index contributed by atoms with van der Waals surface area (Å²) in [6.07, 6.45) is -2.89. The molecular formula is C19H30F3N5O. The standard InChI is InChI=1S/C19H30F3N5O/c1-5-23-18(26-16-11-27(13(2)3)10-14(16)4)25-9-15-6-7-17(24-8-15)28-12-19(20,21)22/h6-8,13-14,16H,5,9-12H2,1-4H3,(H2,23,25,26). The molecule has 2 atom stereocenters. The van der Waals surface area contributed by atoms with Crippen molar-refractivity contribution in [3.8, 4) is 5.88 Å². The van der Waals surface area contributed by atoms with Crippen molar-refractivity contribution >= 4 is 5.96 Å². The zero-order chi connectivity index (χ0) is 20.7. The maximum Gasteiger partial charge on any atom is 0.422 e. The number of likely N-dealkylation sites (tertiary alicyclic amines) is 1. The molecule has 1 aliphatic rings. The van der Waals surface area contributed by atoms with E-state index in [9.17, 15) is 13.2 Å². The van der Waals surface area contributed by atoms with Crippen LogP contribution in [0.1, 0.15) is 33.3 Å². The summed E-state index contributed by atoms with van der Waals surface area (Å²) >= 11 is 0. The molecule has 0 aromatic carbocycles. The van der Waals surface area contributed by atoms with Crippen molar-refractivity contribution in [1.82, 2.24) is 20.5 Å². The molecule has 1 aliphatic heterocycles. The van der Waals surface area contributed by atoms with Gasteiger partial charge in [0.2, 0.25) is 5.88 Å². The predicted octanol–water partition coefficient (Wildman–Crippen LogP) is 2.81. The third kappa shape index (κ3) is 7.18. The molecule has 6 nitrogen and oxygen atoms in total. The lowest BCUT2D eigenvalue weighted by Gasteiger charge is -2.22. The van der Waals surface area contributed by atoms with Gasteiger partial charge in [-0.3, -0.25) is 4.90 Å². The lowest BCUT2D eigenvalue weighted by molar-refractivity contribution is -0.154. The molecule has 0 radical (unpaired) electrons. The molecule has 1 saturated heterocycles. The van der Waals surface area contributed by atoms with Crippen LogP contribution in [-0.4, -0.2) is 60.3 Å². The van der Waals surface area contributed by atoms with Crippen molar-refractivity contribution < 1.29 is 17.9 Å². The molecule has 28 heavy (non-hydrogen) atoms. The number of alkyl halides is 3. The lowest BCUT2D eigenvalue weighted by atomic mass is 10.1. The van der Waals surface area contributed by atoms with Gasteiger partial charge in [0, 0.05) is 44.0 Å². The smallest absolute Gasteiger partial charge is 0.422 e. The Kier molecular flexibility index (Phi) is 7.91. The summed E-state index contributed by atoms with van der Waals surface area (Å²) in [5.74, 6) is 1.18. The minimum atomic E-state index is -4.38. The number of ether oxygens (including phenoxy) is 1. The third-order valence-corrected chi connectivity index (χ3v) is 4.64. The van der Waals surface area contributed by atoms with Gasteiger partial charge in [-0.05, 0) is 32.3 Å². The summed E-state index contributed by atoms with van der Waals surface area (Å²) in [7, 11) is 0. The quantitative estimate of drug-likeness (QED) is 0.544. The van der Waals surface area contributed by atoms with Gasteiger partial charge in [0.1, 0.15) is 0 Å². The minimum Gasteiger partial charge on any atom is -0.468 e. The number of aromatic nitrogens is 1. The molecule has 2 unspecified atom stereocenters. The summed E-state index contributed by atoms with van der Waals surface area (Å²) in [6, 6.07) is 3.93. The molecule has 2 rings (SSSR count). The van der Waals surface area contributed by atoms with Gasteiger partial charge in [-0.25, -0.2) is 9.98 Å².